The number of methoxy groups -OCH3 is 3. The summed E-state index contributed by atoms with van der Waals surface area (Å²) in [5.74, 6) is 1.56. The van der Waals surface area contributed by atoms with E-state index in [2.05, 4.69) is 69.4 Å². The van der Waals surface area contributed by atoms with Gasteiger partial charge in [-0.2, -0.15) is 0 Å². The first-order chi connectivity index (χ1) is 37.0. The van der Waals surface area contributed by atoms with Gasteiger partial charge in [-0.15, -0.1) is 0 Å². The third-order valence-corrected chi connectivity index (χ3v) is 14.2. The summed E-state index contributed by atoms with van der Waals surface area (Å²) in [6, 6.07) is 21.1. The van der Waals surface area contributed by atoms with Crippen LogP contribution in [0, 0.1) is 10.5 Å². The van der Waals surface area contributed by atoms with Gasteiger partial charge in [0.2, 0.25) is 0 Å². The van der Waals surface area contributed by atoms with Crippen molar-refractivity contribution in [3.05, 3.63) is 125 Å². The minimum absolute atomic E-state index is 0.229. The quantitative estimate of drug-likeness (QED) is 0.0240. The number of ether oxygens (including phenoxy) is 12. The second-order valence-corrected chi connectivity index (χ2v) is 19.2. The highest BCUT2D eigenvalue weighted by molar-refractivity contribution is 14.1. The Balaban J connectivity index is 1.46. The smallest absolute Gasteiger partial charge is 0.491 e. The topological polar surface area (TPSA) is 131 Å². The molecule has 2 heterocycles. The van der Waals surface area contributed by atoms with E-state index >= 15 is 8.63 Å². The second kappa shape index (κ2) is 35.3. The average molecular weight is 1280 g/mol. The van der Waals surface area contributed by atoms with Crippen LogP contribution in [-0.4, -0.2) is 172 Å². The highest BCUT2D eigenvalue weighted by Gasteiger charge is 2.33. The highest BCUT2D eigenvalue weighted by Crippen LogP contribution is 2.43. The van der Waals surface area contributed by atoms with Crippen LogP contribution in [0.25, 0.3) is 23.8 Å². The number of aromatic nitrogens is 1. The molecule has 1 aliphatic rings. The monoisotopic (exact) mass is 1280 g/mol. The van der Waals surface area contributed by atoms with Gasteiger partial charge in [0.1, 0.15) is 25.6 Å². The second-order valence-electron chi connectivity index (χ2n) is 17.1. The molecule has 0 radical (unpaired) electrons. The molecular weight excluding hydrogens is 1210 g/mol. The van der Waals surface area contributed by atoms with Crippen LogP contribution in [0.1, 0.15) is 40.6 Å². The van der Waals surface area contributed by atoms with E-state index in [9.17, 15) is 0 Å². The zero-order valence-electron chi connectivity index (χ0n) is 44.7. The molecule has 15 nitrogen and oxygen atoms in total. The molecule has 3 aromatic carbocycles. The predicted molar refractivity (Wildman–Crippen MR) is 314 cm³/mol. The van der Waals surface area contributed by atoms with Gasteiger partial charge in [0.25, 0.3) is 0 Å². The van der Waals surface area contributed by atoms with Crippen molar-refractivity contribution in [1.29, 1.82) is 0 Å². The molecule has 0 aliphatic carbocycles. The highest BCUT2D eigenvalue weighted by atomic mass is 127. The van der Waals surface area contributed by atoms with Gasteiger partial charge < -0.3 is 66.2 Å². The Hall–Kier alpha value is -4.21. The van der Waals surface area contributed by atoms with E-state index in [0.29, 0.717) is 166 Å². The van der Waals surface area contributed by atoms with E-state index in [1.807, 2.05) is 81.4 Å². The van der Waals surface area contributed by atoms with Crippen molar-refractivity contribution >= 4 is 87.8 Å². The van der Waals surface area contributed by atoms with Gasteiger partial charge >= 0.3 is 7.40 Å². The minimum Gasteiger partial charge on any atom is -0.491 e. The number of nitrogens with zero attached hydrogens (tertiary/aromatic N) is 3. The number of benzene rings is 3. The van der Waals surface area contributed by atoms with Crippen LogP contribution >= 0.6 is 45.2 Å². The lowest BCUT2D eigenvalue weighted by Gasteiger charge is -2.17. The summed E-state index contributed by atoms with van der Waals surface area (Å²) in [5, 5.41) is 0. The van der Waals surface area contributed by atoms with Gasteiger partial charge in [0, 0.05) is 65.2 Å². The Morgan fingerprint density at radius 3 is 1.55 bits per heavy atom. The number of rotatable bonds is 38. The van der Waals surface area contributed by atoms with Gasteiger partial charge in [0.05, 0.1) is 111 Å². The summed E-state index contributed by atoms with van der Waals surface area (Å²) in [4.78, 5) is 7.25. The van der Waals surface area contributed by atoms with Gasteiger partial charge in [-0.25, -0.2) is 4.99 Å². The van der Waals surface area contributed by atoms with Gasteiger partial charge in [-0.3, -0.25) is 8.63 Å². The van der Waals surface area contributed by atoms with Crippen molar-refractivity contribution in [3.8, 4) is 17.2 Å². The lowest BCUT2D eigenvalue weighted by Crippen LogP contribution is -2.18. The summed E-state index contributed by atoms with van der Waals surface area (Å²) in [5.41, 5.74) is 7.60. The van der Waals surface area contributed by atoms with E-state index in [4.69, 9.17) is 61.8 Å². The molecule has 0 atom stereocenters. The Morgan fingerprint density at radius 1 is 0.566 bits per heavy atom. The minimum atomic E-state index is -2.92. The molecule has 4 aromatic rings. The van der Waals surface area contributed by atoms with Crippen molar-refractivity contribution in [2.24, 2.45) is 4.99 Å². The molecule has 5 rings (SSSR count). The fraction of sp³-hybridized carbons (Fsp3) is 0.446. The van der Waals surface area contributed by atoms with Crippen LogP contribution < -0.4 is 19.1 Å². The fourth-order valence-corrected chi connectivity index (χ4v) is 8.75. The van der Waals surface area contributed by atoms with E-state index in [1.54, 1.807) is 39.5 Å². The van der Waals surface area contributed by atoms with Gasteiger partial charge in [-0.05, 0) is 135 Å². The summed E-state index contributed by atoms with van der Waals surface area (Å²) >= 11 is 4.47. The first kappa shape index (κ1) is 62.6. The standard InChI is InChI=1S/C56H72BF2I2N3O12/c1-41-53(60)48(19-10-43-8-15-46(16-9-43)63(3)4)62-55(41)52(45-13-17-47(18-14-45)74-37-34-71-31-28-68-25-22-65-5)56-42(2)54(61)49(64(56)57(58)59)20-11-44-12-21-50(75-38-35-72-32-29-69-26-23-66-6)51(40-44)76-39-36-73-33-30-70-27-24-67-7/h8-21,40H,22-39H2,1-7H3/b19-10+,20-11+,55-52-. The molecule has 0 fully saturated rings. The van der Waals surface area contributed by atoms with Crippen molar-refractivity contribution < 1.29 is 65.5 Å². The average Bonchev–Trinajstić information content (AvgIpc) is 3.88. The van der Waals surface area contributed by atoms with Gasteiger partial charge in [-0.1, -0.05) is 42.5 Å². The van der Waals surface area contributed by atoms with Crippen LogP contribution in [0.5, 0.6) is 17.2 Å². The first-order valence-corrected chi connectivity index (χ1v) is 27.2. The maximum absolute atomic E-state index is 16.0. The van der Waals surface area contributed by atoms with E-state index in [-0.39, 0.29) is 13.2 Å². The molecule has 0 amide bonds. The lowest BCUT2D eigenvalue weighted by molar-refractivity contribution is 0.0160. The van der Waals surface area contributed by atoms with E-state index in [1.165, 1.54) is 0 Å². The number of aliphatic imine (C=N–C) groups is 1. The summed E-state index contributed by atoms with van der Waals surface area (Å²) in [7, 11) is 5.96. The molecule has 0 saturated carbocycles. The Morgan fingerprint density at radius 2 is 1.04 bits per heavy atom. The maximum Gasteiger partial charge on any atom is 0.678 e. The maximum atomic E-state index is 16.0. The number of allylic oxidation sites excluding steroid dienone is 3. The zero-order chi connectivity index (χ0) is 54.5. The van der Waals surface area contributed by atoms with Crippen LogP contribution in [0.2, 0.25) is 0 Å². The number of hydrogen-bond donors (Lipinski definition) is 0. The summed E-state index contributed by atoms with van der Waals surface area (Å²) in [6.45, 7) is 11.2. The number of anilines is 1. The fourth-order valence-electron chi connectivity index (χ4n) is 7.50. The Labute approximate surface area is 474 Å². The first-order valence-electron chi connectivity index (χ1n) is 25.1. The van der Waals surface area contributed by atoms with E-state index < -0.39 is 7.40 Å². The van der Waals surface area contributed by atoms with E-state index in [0.717, 1.165) is 30.6 Å². The lowest BCUT2D eigenvalue weighted by atomic mass is 9.94. The third kappa shape index (κ3) is 20.2. The number of halogens is 4. The molecule has 0 spiro atoms. The summed E-state index contributed by atoms with van der Waals surface area (Å²) in [6.07, 6.45) is 7.50. The SMILES string of the molecule is COCCOCCOCCOc1ccc(/C(=C2N=C(/C=C/c3ccc(N(C)C)cc3)C(I)=C/2C)c2c(C)c(I)c(/C=C/c3ccc(OCCOCCOCCOC)c(OCCOCCOCCOC)c3)n2B(F)F)cc1. The normalized spacial score (nSPS) is 13.4. The predicted octanol–water partition coefficient (Wildman–Crippen LogP) is 10.2. The van der Waals surface area contributed by atoms with Crippen LogP contribution in [0.15, 0.2) is 92.6 Å². The Kier molecular flexibility index (Phi) is 29.1. The van der Waals surface area contributed by atoms with Crippen molar-refractivity contribution in [2.75, 3.05) is 159 Å². The zero-order valence-corrected chi connectivity index (χ0v) is 49.0. The third-order valence-electron chi connectivity index (χ3n) is 11.5. The molecule has 0 bridgehead atoms. The van der Waals surface area contributed by atoms with Crippen LogP contribution in [0.3, 0.4) is 0 Å². The molecule has 1 aliphatic heterocycles. The Bertz CT molecular complexity index is 2520. The van der Waals surface area contributed by atoms with Crippen molar-refractivity contribution in [2.45, 2.75) is 13.8 Å². The van der Waals surface area contributed by atoms with Crippen LogP contribution in [0.4, 0.5) is 14.3 Å². The molecule has 0 saturated heterocycles. The van der Waals surface area contributed by atoms with Crippen molar-refractivity contribution in [1.82, 2.24) is 4.48 Å². The van der Waals surface area contributed by atoms with Gasteiger partial charge in [0.15, 0.2) is 11.5 Å². The molecule has 414 valence electrons. The molecule has 20 heteroatoms. The molecular formula is C56H72BF2I2N3O12. The molecule has 0 unspecified atom stereocenters. The van der Waals surface area contributed by atoms with Crippen molar-refractivity contribution in [3.63, 3.8) is 0 Å². The van der Waals surface area contributed by atoms with Crippen LogP contribution in [-0.2, 0) is 42.6 Å². The molecule has 1 aromatic heterocycles. The largest absolute Gasteiger partial charge is 0.678 e. The molecule has 76 heavy (non-hydrogen) atoms. The number of hydrogen-bond acceptors (Lipinski definition) is 14. The molecule has 0 N–H and O–H groups in total. The summed E-state index contributed by atoms with van der Waals surface area (Å²) < 4.78 is 102.